The van der Waals surface area contributed by atoms with E-state index in [1.54, 1.807) is 0 Å². The Kier molecular flexibility index (Phi) is 5.36. The van der Waals surface area contributed by atoms with Crippen LogP contribution in [0.3, 0.4) is 0 Å². The standard InChI is InChI=1S/C23H31NO3/c1-2-27-22(26)23(18-8-4-3-5-9-18)13-15-24(16-14-23)20-12-11-17-7-6-10-19(20)21(17)25/h3-5,8-9,17,19-20H,2,6-7,10-16H2,1H3. The van der Waals surface area contributed by atoms with Crippen LogP contribution >= 0.6 is 0 Å². The van der Waals surface area contributed by atoms with Crippen LogP contribution in [-0.2, 0) is 19.7 Å². The van der Waals surface area contributed by atoms with E-state index in [-0.39, 0.29) is 11.9 Å². The summed E-state index contributed by atoms with van der Waals surface area (Å²) in [7, 11) is 0. The highest BCUT2D eigenvalue weighted by Gasteiger charge is 2.48. The third kappa shape index (κ3) is 3.33. The average Bonchev–Trinajstić information content (AvgIpc) is 2.69. The molecular formula is C23H31NO3. The second kappa shape index (κ2) is 7.75. The lowest BCUT2D eigenvalue weighted by atomic mass is 9.67. The number of esters is 1. The highest BCUT2D eigenvalue weighted by atomic mass is 16.5. The van der Waals surface area contributed by atoms with Gasteiger partial charge in [-0.3, -0.25) is 14.5 Å². The van der Waals surface area contributed by atoms with Gasteiger partial charge in [0, 0.05) is 17.9 Å². The normalized spacial score (nSPS) is 30.7. The quantitative estimate of drug-likeness (QED) is 0.759. The molecule has 27 heavy (non-hydrogen) atoms. The summed E-state index contributed by atoms with van der Waals surface area (Å²) in [5, 5.41) is 0. The molecule has 4 heteroatoms. The Morgan fingerprint density at radius 2 is 1.85 bits per heavy atom. The Morgan fingerprint density at radius 3 is 2.56 bits per heavy atom. The van der Waals surface area contributed by atoms with Crippen molar-refractivity contribution in [3.63, 3.8) is 0 Å². The monoisotopic (exact) mass is 369 g/mol. The van der Waals surface area contributed by atoms with Gasteiger partial charge >= 0.3 is 5.97 Å². The van der Waals surface area contributed by atoms with Crippen LogP contribution in [0.4, 0.5) is 0 Å². The van der Waals surface area contributed by atoms with Crippen LogP contribution in [0.25, 0.3) is 0 Å². The highest BCUT2D eigenvalue weighted by molar-refractivity contribution is 5.86. The number of benzene rings is 1. The molecule has 0 radical (unpaired) electrons. The van der Waals surface area contributed by atoms with Crippen molar-refractivity contribution in [2.24, 2.45) is 11.8 Å². The van der Waals surface area contributed by atoms with Crippen LogP contribution in [0.15, 0.2) is 30.3 Å². The lowest BCUT2D eigenvalue weighted by molar-refractivity contribution is -0.153. The van der Waals surface area contributed by atoms with E-state index in [1.165, 1.54) is 6.42 Å². The molecule has 0 spiro atoms. The van der Waals surface area contributed by atoms with Crippen LogP contribution in [0, 0.1) is 11.8 Å². The molecule has 1 saturated heterocycles. The van der Waals surface area contributed by atoms with Gasteiger partial charge in [-0.2, -0.15) is 0 Å². The molecule has 1 aromatic carbocycles. The predicted octanol–water partition coefficient (Wildman–Crippen LogP) is 3.73. The number of ketones is 1. The summed E-state index contributed by atoms with van der Waals surface area (Å²) in [5.74, 6) is 0.980. The third-order valence-corrected chi connectivity index (χ3v) is 7.22. The molecule has 3 unspecified atom stereocenters. The van der Waals surface area contributed by atoms with Crippen LogP contribution in [0.2, 0.25) is 0 Å². The molecule has 1 aliphatic heterocycles. The van der Waals surface area contributed by atoms with E-state index in [9.17, 15) is 9.59 Å². The first-order valence-electron chi connectivity index (χ1n) is 10.7. The van der Waals surface area contributed by atoms with Crippen LogP contribution in [0.1, 0.15) is 57.4 Å². The van der Waals surface area contributed by atoms with Crippen molar-refractivity contribution in [3.05, 3.63) is 35.9 Å². The maximum absolute atomic E-state index is 12.9. The van der Waals surface area contributed by atoms with Gasteiger partial charge in [0.15, 0.2) is 0 Å². The van der Waals surface area contributed by atoms with Crippen molar-refractivity contribution in [1.82, 2.24) is 4.90 Å². The van der Waals surface area contributed by atoms with E-state index < -0.39 is 5.41 Å². The number of piperidine rings is 1. The highest BCUT2D eigenvalue weighted by Crippen LogP contribution is 2.43. The average molecular weight is 370 g/mol. The van der Waals surface area contributed by atoms with Gasteiger partial charge in [-0.05, 0) is 64.1 Å². The maximum Gasteiger partial charge on any atom is 0.316 e. The van der Waals surface area contributed by atoms with Crippen LogP contribution < -0.4 is 0 Å². The van der Waals surface area contributed by atoms with E-state index in [1.807, 2.05) is 25.1 Å². The molecule has 2 saturated carbocycles. The van der Waals surface area contributed by atoms with Crippen molar-refractivity contribution < 1.29 is 14.3 Å². The minimum Gasteiger partial charge on any atom is -0.465 e. The van der Waals surface area contributed by atoms with Crippen molar-refractivity contribution in [3.8, 4) is 0 Å². The van der Waals surface area contributed by atoms with Gasteiger partial charge in [0.05, 0.1) is 12.0 Å². The molecule has 2 bridgehead atoms. The summed E-state index contributed by atoms with van der Waals surface area (Å²) in [6.45, 7) is 4.02. The van der Waals surface area contributed by atoms with Gasteiger partial charge in [-0.1, -0.05) is 36.8 Å². The first-order valence-corrected chi connectivity index (χ1v) is 10.7. The summed E-state index contributed by atoms with van der Waals surface area (Å²) in [4.78, 5) is 28.1. The fourth-order valence-electron chi connectivity index (χ4n) is 5.72. The Hall–Kier alpha value is -1.68. The minimum atomic E-state index is -0.540. The zero-order valence-corrected chi connectivity index (χ0v) is 16.4. The number of carbonyl (C=O) groups is 2. The number of nitrogens with zero attached hydrogens (tertiary/aromatic N) is 1. The second-order valence-electron chi connectivity index (χ2n) is 8.49. The number of fused-ring (bicyclic) bond motifs is 2. The van der Waals surface area contributed by atoms with Gasteiger partial charge in [-0.15, -0.1) is 0 Å². The van der Waals surface area contributed by atoms with Gasteiger partial charge < -0.3 is 4.74 Å². The lowest BCUT2D eigenvalue weighted by Gasteiger charge is -2.48. The Bertz CT molecular complexity index is 678. The molecule has 0 N–H and O–H groups in total. The number of ether oxygens (including phenoxy) is 1. The number of carbonyl (C=O) groups excluding carboxylic acids is 2. The van der Waals surface area contributed by atoms with Gasteiger partial charge in [0.1, 0.15) is 5.78 Å². The molecule has 4 nitrogen and oxygen atoms in total. The predicted molar refractivity (Wildman–Crippen MR) is 104 cm³/mol. The number of hydrogen-bond acceptors (Lipinski definition) is 4. The van der Waals surface area contributed by atoms with E-state index >= 15 is 0 Å². The number of Topliss-reactive ketones (excluding diaryl/α,β-unsaturated/α-hetero) is 1. The van der Waals surface area contributed by atoms with Crippen LogP contribution in [-0.4, -0.2) is 42.4 Å². The van der Waals surface area contributed by atoms with E-state index in [0.717, 1.165) is 57.2 Å². The lowest BCUT2D eigenvalue weighted by Crippen LogP contribution is -2.56. The maximum atomic E-state index is 12.9. The first kappa shape index (κ1) is 18.7. The van der Waals surface area contributed by atoms with Crippen molar-refractivity contribution in [2.45, 2.75) is 63.3 Å². The summed E-state index contributed by atoms with van der Waals surface area (Å²) in [5.41, 5.74) is 0.530. The third-order valence-electron chi connectivity index (χ3n) is 7.22. The zero-order chi connectivity index (χ0) is 18.9. The Labute approximate surface area is 162 Å². The molecular weight excluding hydrogens is 338 g/mol. The van der Waals surface area contributed by atoms with E-state index in [4.69, 9.17) is 4.74 Å². The van der Waals surface area contributed by atoms with Crippen molar-refractivity contribution in [1.29, 1.82) is 0 Å². The molecule has 2 aliphatic carbocycles. The van der Waals surface area contributed by atoms with E-state index in [2.05, 4.69) is 17.0 Å². The van der Waals surface area contributed by atoms with E-state index in [0.29, 0.717) is 24.3 Å². The van der Waals surface area contributed by atoms with Gasteiger partial charge in [0.2, 0.25) is 0 Å². The Morgan fingerprint density at radius 1 is 1.11 bits per heavy atom. The molecule has 0 amide bonds. The summed E-state index contributed by atoms with van der Waals surface area (Å²) >= 11 is 0. The summed E-state index contributed by atoms with van der Waals surface area (Å²) in [6, 6.07) is 10.5. The molecule has 1 aromatic rings. The van der Waals surface area contributed by atoms with Crippen LogP contribution in [0.5, 0.6) is 0 Å². The fraction of sp³-hybridized carbons (Fsp3) is 0.652. The molecule has 1 heterocycles. The molecule has 0 aromatic heterocycles. The molecule has 4 rings (SSSR count). The van der Waals surface area contributed by atoms with Gasteiger partial charge in [-0.25, -0.2) is 0 Å². The van der Waals surface area contributed by atoms with Crippen molar-refractivity contribution >= 4 is 11.8 Å². The minimum absolute atomic E-state index is 0.0895. The first-order chi connectivity index (χ1) is 13.2. The number of hydrogen-bond donors (Lipinski definition) is 0. The largest absolute Gasteiger partial charge is 0.465 e. The molecule has 146 valence electrons. The molecule has 3 atom stereocenters. The Balaban J connectivity index is 1.52. The molecule has 3 aliphatic rings. The van der Waals surface area contributed by atoms with Gasteiger partial charge in [0.25, 0.3) is 0 Å². The summed E-state index contributed by atoms with van der Waals surface area (Å²) < 4.78 is 5.49. The zero-order valence-electron chi connectivity index (χ0n) is 16.4. The smallest absolute Gasteiger partial charge is 0.316 e. The topological polar surface area (TPSA) is 46.6 Å². The fourth-order valence-corrected chi connectivity index (χ4v) is 5.72. The SMILES string of the molecule is CCOC(=O)C1(c2ccccc2)CCN(C2CCC3CCCC2C3=O)CC1. The molecule has 3 fully saturated rings. The number of rotatable bonds is 4. The second-order valence-corrected chi connectivity index (χ2v) is 8.49. The summed E-state index contributed by atoms with van der Waals surface area (Å²) in [6.07, 6.45) is 7.09. The van der Waals surface area contributed by atoms with Crippen molar-refractivity contribution in [2.75, 3.05) is 19.7 Å². The number of likely N-dealkylation sites (tertiary alicyclic amines) is 1.